The molecule has 0 bridgehead atoms. The van der Waals surface area contributed by atoms with E-state index in [1.54, 1.807) is 6.07 Å². The molecule has 0 saturated carbocycles. The molecule has 20 heavy (non-hydrogen) atoms. The molecule has 2 rings (SSSR count). The average Bonchev–Trinajstić information content (AvgIpc) is 2.43. The van der Waals surface area contributed by atoms with Gasteiger partial charge in [0.25, 0.3) is 0 Å². The third-order valence-corrected chi connectivity index (χ3v) is 4.27. The highest BCUT2D eigenvalue weighted by molar-refractivity contribution is 6.31. The monoisotopic (exact) mass is 330 g/mol. The molecule has 0 N–H and O–H groups in total. The van der Waals surface area contributed by atoms with Crippen molar-refractivity contribution < 1.29 is 4.39 Å². The van der Waals surface area contributed by atoms with Gasteiger partial charge in [0.1, 0.15) is 5.82 Å². The van der Waals surface area contributed by atoms with Gasteiger partial charge in [-0.25, -0.2) is 4.39 Å². The molecule has 0 nitrogen and oxygen atoms in total. The lowest BCUT2D eigenvalue weighted by atomic mass is 9.94. The fourth-order valence-electron chi connectivity index (χ4n) is 2.20. The Balaban J connectivity index is 2.11. The normalized spacial score (nSPS) is 12.4. The Morgan fingerprint density at radius 3 is 2.45 bits per heavy atom. The van der Waals surface area contributed by atoms with E-state index in [9.17, 15) is 4.39 Å². The Kier molecular flexibility index (Phi) is 5.71. The van der Waals surface area contributed by atoms with Crippen molar-refractivity contribution in [2.45, 2.75) is 12.8 Å². The number of benzene rings is 2. The van der Waals surface area contributed by atoms with Crippen LogP contribution in [0.25, 0.3) is 0 Å². The van der Waals surface area contributed by atoms with Crippen molar-refractivity contribution in [3.8, 4) is 0 Å². The van der Waals surface area contributed by atoms with Gasteiger partial charge in [0, 0.05) is 10.9 Å². The molecule has 0 fully saturated rings. The Morgan fingerprint density at radius 1 is 1.00 bits per heavy atom. The summed E-state index contributed by atoms with van der Waals surface area (Å²) in [7, 11) is 0. The maximum absolute atomic E-state index is 13.4. The highest BCUT2D eigenvalue weighted by atomic mass is 35.5. The fourth-order valence-corrected chi connectivity index (χ4v) is 2.83. The van der Waals surface area contributed by atoms with Crippen LogP contribution in [0, 0.1) is 11.7 Å². The van der Waals surface area contributed by atoms with Gasteiger partial charge < -0.3 is 0 Å². The standard InChI is InChI=1S/C16H14Cl3F/c17-10-12(7-11-3-1-5-14(18)9-11)8-13-4-2-6-15(20)16(13)19/h1-6,9,12H,7-8,10H2. The van der Waals surface area contributed by atoms with Crippen molar-refractivity contribution in [3.63, 3.8) is 0 Å². The predicted octanol–water partition coefficient (Wildman–Crippen LogP) is 5.77. The Morgan fingerprint density at radius 2 is 1.75 bits per heavy atom. The number of rotatable bonds is 5. The SMILES string of the molecule is Fc1cccc(CC(CCl)Cc2cccc(Cl)c2)c1Cl. The lowest BCUT2D eigenvalue weighted by Gasteiger charge is -2.15. The van der Waals surface area contributed by atoms with Crippen molar-refractivity contribution in [1.29, 1.82) is 0 Å². The first-order valence-electron chi connectivity index (χ1n) is 6.33. The van der Waals surface area contributed by atoms with Crippen LogP contribution < -0.4 is 0 Å². The van der Waals surface area contributed by atoms with E-state index in [0.717, 1.165) is 17.5 Å². The summed E-state index contributed by atoms with van der Waals surface area (Å²) in [5.41, 5.74) is 1.91. The summed E-state index contributed by atoms with van der Waals surface area (Å²) >= 11 is 18.0. The minimum absolute atomic E-state index is 0.189. The van der Waals surface area contributed by atoms with Crippen LogP contribution >= 0.6 is 34.8 Å². The largest absolute Gasteiger partial charge is 0.205 e. The summed E-state index contributed by atoms with van der Waals surface area (Å²) < 4.78 is 13.4. The van der Waals surface area contributed by atoms with Gasteiger partial charge >= 0.3 is 0 Å². The molecule has 0 amide bonds. The second-order valence-electron chi connectivity index (χ2n) is 4.77. The molecule has 0 aliphatic carbocycles. The molecule has 4 heteroatoms. The van der Waals surface area contributed by atoms with Crippen LogP contribution in [0.5, 0.6) is 0 Å². The quantitative estimate of drug-likeness (QED) is 0.610. The first-order valence-corrected chi connectivity index (χ1v) is 7.62. The Hall–Kier alpha value is -0.760. The minimum atomic E-state index is -0.389. The summed E-state index contributed by atoms with van der Waals surface area (Å²) in [5.74, 6) is 0.286. The van der Waals surface area contributed by atoms with Gasteiger partial charge in [-0.15, -0.1) is 11.6 Å². The van der Waals surface area contributed by atoms with Crippen LogP contribution in [-0.4, -0.2) is 5.88 Å². The zero-order valence-electron chi connectivity index (χ0n) is 10.8. The number of halogens is 4. The molecular formula is C16H14Cl3F. The van der Waals surface area contributed by atoms with Crippen LogP contribution in [-0.2, 0) is 12.8 Å². The van der Waals surface area contributed by atoms with E-state index in [2.05, 4.69) is 0 Å². The van der Waals surface area contributed by atoms with Gasteiger partial charge in [-0.05, 0) is 48.1 Å². The number of alkyl halides is 1. The third-order valence-electron chi connectivity index (χ3n) is 3.17. The average molecular weight is 332 g/mol. The van der Waals surface area contributed by atoms with E-state index < -0.39 is 0 Å². The van der Waals surface area contributed by atoms with E-state index >= 15 is 0 Å². The number of hydrogen-bond acceptors (Lipinski definition) is 0. The zero-order valence-corrected chi connectivity index (χ0v) is 13.0. The van der Waals surface area contributed by atoms with Crippen molar-refractivity contribution in [2.24, 2.45) is 5.92 Å². The predicted molar refractivity (Wildman–Crippen MR) is 84.5 cm³/mol. The molecule has 1 unspecified atom stereocenters. The Labute approximate surface area is 133 Å². The summed E-state index contributed by atoms with van der Waals surface area (Å²) in [6, 6.07) is 12.6. The van der Waals surface area contributed by atoms with Crippen LogP contribution in [0.1, 0.15) is 11.1 Å². The molecule has 0 aromatic heterocycles. The van der Waals surface area contributed by atoms with E-state index in [4.69, 9.17) is 34.8 Å². The van der Waals surface area contributed by atoms with Gasteiger partial charge in [0.05, 0.1) is 5.02 Å². The highest BCUT2D eigenvalue weighted by Crippen LogP contribution is 2.25. The summed E-state index contributed by atoms with van der Waals surface area (Å²) in [6.07, 6.45) is 1.43. The Bertz CT molecular complexity index is 584. The lowest BCUT2D eigenvalue weighted by Crippen LogP contribution is -2.10. The van der Waals surface area contributed by atoms with Crippen LogP contribution in [0.4, 0.5) is 4.39 Å². The first kappa shape index (κ1) is 15.6. The van der Waals surface area contributed by atoms with Crippen LogP contribution in [0.3, 0.4) is 0 Å². The first-order chi connectivity index (χ1) is 9.60. The second-order valence-corrected chi connectivity index (χ2v) is 5.89. The minimum Gasteiger partial charge on any atom is -0.205 e. The van der Waals surface area contributed by atoms with E-state index in [1.807, 2.05) is 30.3 Å². The van der Waals surface area contributed by atoms with Crippen molar-refractivity contribution in [1.82, 2.24) is 0 Å². The summed E-state index contributed by atoms with van der Waals surface area (Å²) in [4.78, 5) is 0. The maximum atomic E-state index is 13.4. The van der Waals surface area contributed by atoms with E-state index in [0.29, 0.717) is 17.3 Å². The molecule has 0 radical (unpaired) electrons. The van der Waals surface area contributed by atoms with Crippen molar-refractivity contribution >= 4 is 34.8 Å². The molecule has 2 aromatic rings. The number of hydrogen-bond donors (Lipinski definition) is 0. The maximum Gasteiger partial charge on any atom is 0.142 e. The third kappa shape index (κ3) is 4.12. The molecule has 0 aliphatic heterocycles. The zero-order chi connectivity index (χ0) is 14.5. The molecule has 0 saturated heterocycles. The summed E-state index contributed by atoms with van der Waals surface area (Å²) in [6.45, 7) is 0. The molecular weight excluding hydrogens is 318 g/mol. The molecule has 1 atom stereocenters. The van der Waals surface area contributed by atoms with Gasteiger partial charge in [0.2, 0.25) is 0 Å². The van der Waals surface area contributed by atoms with Crippen molar-refractivity contribution in [2.75, 3.05) is 5.88 Å². The van der Waals surface area contributed by atoms with Crippen LogP contribution in [0.2, 0.25) is 10.0 Å². The van der Waals surface area contributed by atoms with Gasteiger partial charge in [0.15, 0.2) is 0 Å². The fraction of sp³-hybridized carbons (Fsp3) is 0.250. The highest BCUT2D eigenvalue weighted by Gasteiger charge is 2.14. The molecule has 106 valence electrons. The van der Waals surface area contributed by atoms with Crippen molar-refractivity contribution in [3.05, 3.63) is 69.5 Å². The topological polar surface area (TPSA) is 0 Å². The molecule has 2 aromatic carbocycles. The van der Waals surface area contributed by atoms with Gasteiger partial charge in [-0.1, -0.05) is 47.5 Å². The van der Waals surface area contributed by atoms with Gasteiger partial charge in [-0.2, -0.15) is 0 Å². The van der Waals surface area contributed by atoms with E-state index in [-0.39, 0.29) is 16.8 Å². The second kappa shape index (κ2) is 7.31. The van der Waals surface area contributed by atoms with Crippen LogP contribution in [0.15, 0.2) is 42.5 Å². The van der Waals surface area contributed by atoms with E-state index in [1.165, 1.54) is 6.07 Å². The lowest BCUT2D eigenvalue weighted by molar-refractivity contribution is 0.577. The summed E-state index contributed by atoms with van der Waals surface area (Å²) in [5, 5.41) is 0.897. The smallest absolute Gasteiger partial charge is 0.142 e. The molecule has 0 spiro atoms. The molecule has 0 heterocycles. The van der Waals surface area contributed by atoms with Gasteiger partial charge in [-0.3, -0.25) is 0 Å². The molecule has 0 aliphatic rings.